The number of fused-ring (bicyclic) bond motifs is 2. The van der Waals surface area contributed by atoms with Gasteiger partial charge in [-0.1, -0.05) is 113 Å². The first kappa shape index (κ1) is 58.5. The number of ketones is 2. The topological polar surface area (TPSA) is 239 Å². The van der Waals surface area contributed by atoms with Crippen LogP contribution in [0.1, 0.15) is 83.3 Å². The third-order valence-electron chi connectivity index (χ3n) is 14.8. The number of nitrogens with one attached hydrogen (secondary N) is 4. The van der Waals surface area contributed by atoms with E-state index in [-0.39, 0.29) is 81.5 Å². The summed E-state index contributed by atoms with van der Waals surface area (Å²) < 4.78 is 0. The zero-order valence-corrected chi connectivity index (χ0v) is 47.5. The molecule has 6 aromatic carbocycles. The maximum Gasteiger partial charge on any atom is 0.229 e. The fourth-order valence-electron chi connectivity index (χ4n) is 11.0. The third kappa shape index (κ3) is 10.9. The molecule has 0 heterocycles. The molecule has 0 atom stereocenters. The summed E-state index contributed by atoms with van der Waals surface area (Å²) in [5.74, 6) is -3.70. The average Bonchev–Trinajstić information content (AvgIpc) is 3.60. The van der Waals surface area contributed by atoms with E-state index in [4.69, 9.17) is 22.3 Å². The van der Waals surface area contributed by atoms with E-state index in [2.05, 4.69) is 10.6 Å². The highest BCUT2D eigenvalue weighted by Gasteiger charge is 2.39. The highest BCUT2D eigenvalue weighted by molar-refractivity contribution is 6.35. The number of hydrogen-bond donors (Lipinski definition) is 10. The molecule has 14 heteroatoms. The summed E-state index contributed by atoms with van der Waals surface area (Å²) in [5.41, 5.74) is 25.5. The summed E-state index contributed by atoms with van der Waals surface area (Å²) in [4.78, 5) is 29.1. The Labute approximate surface area is 488 Å². The number of aliphatic hydroxyl groups excluding tert-OH is 2. The molecule has 0 unspecified atom stereocenters. The molecule has 0 amide bonds. The van der Waals surface area contributed by atoms with Crippen LogP contribution in [0.2, 0.25) is 0 Å². The molecule has 4 aliphatic rings. The van der Waals surface area contributed by atoms with Crippen LogP contribution in [0.3, 0.4) is 0 Å². The minimum atomic E-state index is -0.719. The largest absolute Gasteiger partial charge is 0.507 e. The summed E-state index contributed by atoms with van der Waals surface area (Å²) >= 11 is 0. The van der Waals surface area contributed by atoms with Crippen molar-refractivity contribution in [3.63, 3.8) is 0 Å². The highest BCUT2D eigenvalue weighted by Crippen LogP contribution is 2.54. The first-order valence-electron chi connectivity index (χ1n) is 26.3. The van der Waals surface area contributed by atoms with Crippen LogP contribution in [0, 0.1) is 36.5 Å². The molecule has 12 N–H and O–H groups in total. The van der Waals surface area contributed by atoms with Gasteiger partial charge in [-0.15, -0.1) is 24.8 Å². The van der Waals surface area contributed by atoms with E-state index in [1.165, 1.54) is 12.4 Å². The summed E-state index contributed by atoms with van der Waals surface area (Å²) in [6.07, 6.45) is 17.4. The highest BCUT2D eigenvalue weighted by atomic mass is 35.5. The monoisotopic (exact) mass is 1130 g/mol. The van der Waals surface area contributed by atoms with Crippen molar-refractivity contribution in [3.8, 4) is 22.6 Å². The van der Waals surface area contributed by atoms with E-state index in [0.29, 0.717) is 67.6 Å². The summed E-state index contributed by atoms with van der Waals surface area (Å²) in [6.45, 7) is 11.0. The number of benzene rings is 6. The smallest absolute Gasteiger partial charge is 0.229 e. The molecule has 12 nitrogen and oxygen atoms in total. The molecule has 0 bridgehead atoms. The number of rotatable bonds is 11. The van der Waals surface area contributed by atoms with Gasteiger partial charge < -0.3 is 53.3 Å². The Balaban J connectivity index is 0.00000440. The molecular weight excluding hydrogens is 1070 g/mol. The lowest BCUT2D eigenvalue weighted by Crippen LogP contribution is -2.20. The van der Waals surface area contributed by atoms with Crippen molar-refractivity contribution in [1.82, 2.24) is 0 Å². The maximum atomic E-state index is 14.6. The Morgan fingerprint density at radius 2 is 0.817 bits per heavy atom. The Morgan fingerprint density at radius 1 is 0.476 bits per heavy atom. The number of Topliss-reactive ketones (excluding diaryl/α,β-unsaturated/α-hetero) is 2. The van der Waals surface area contributed by atoms with E-state index in [1.54, 1.807) is 50.3 Å². The van der Waals surface area contributed by atoms with Crippen molar-refractivity contribution in [3.05, 3.63) is 249 Å². The van der Waals surface area contributed by atoms with E-state index < -0.39 is 23.1 Å². The Bertz CT molecular complexity index is 3740. The molecule has 6 aromatic rings. The fourth-order valence-corrected chi connectivity index (χ4v) is 11.0. The van der Waals surface area contributed by atoms with Crippen LogP contribution in [0.25, 0.3) is 44.6 Å². The number of hydrogen-bond acceptors (Lipinski definition) is 12. The number of aromatic hydroxyl groups is 2. The summed E-state index contributed by atoms with van der Waals surface area (Å²) in [7, 11) is 0. The van der Waals surface area contributed by atoms with E-state index in [0.717, 1.165) is 44.5 Å². The number of phenols is 2. The maximum absolute atomic E-state index is 14.6. The second-order valence-corrected chi connectivity index (χ2v) is 20.9. The second-order valence-electron chi connectivity index (χ2n) is 20.9. The van der Waals surface area contributed by atoms with Crippen molar-refractivity contribution in [1.29, 1.82) is 10.8 Å². The van der Waals surface area contributed by atoms with Gasteiger partial charge in [0.15, 0.2) is 11.5 Å². The van der Waals surface area contributed by atoms with E-state index in [1.807, 2.05) is 149 Å². The summed E-state index contributed by atoms with van der Waals surface area (Å²) in [5, 5.41) is 72.0. The van der Waals surface area contributed by atoms with Gasteiger partial charge in [0.2, 0.25) is 11.6 Å². The SMILES string of the molecule is Cc1cc2c(c(O)c1-c1c(C)cc3c(c1O)C(=CNc1cccc(C(=C4C=CC(=N)C=C4)c4ccc(N)cc4)c1)C(=O)C(O)=C3C(C)C)C(=CNc1cccc(C(=C3C=CC(=N)C=C3)c3ccc(N)cc3)c1)C(=O)C(O)=C2C(C)C.Cl.Cl. The van der Waals surface area contributed by atoms with Gasteiger partial charge in [0, 0.05) is 68.5 Å². The number of allylic oxidation sites excluding steroid dienone is 14. The van der Waals surface area contributed by atoms with Crippen molar-refractivity contribution in [2.45, 2.75) is 41.5 Å². The van der Waals surface area contributed by atoms with Crippen molar-refractivity contribution < 1.29 is 30.0 Å². The van der Waals surface area contributed by atoms with Gasteiger partial charge in [0.1, 0.15) is 11.5 Å². The number of nitrogens with two attached hydrogens (primary N) is 2. The number of aliphatic hydroxyl groups is 2. The average molecular weight is 1130 g/mol. The van der Waals surface area contributed by atoms with Crippen LogP contribution in [-0.4, -0.2) is 43.4 Å². The van der Waals surface area contributed by atoms with Crippen LogP contribution >= 0.6 is 24.8 Å². The minimum absolute atomic E-state index is 0. The summed E-state index contributed by atoms with van der Waals surface area (Å²) in [6, 6.07) is 33.8. The van der Waals surface area contributed by atoms with Gasteiger partial charge in [0.05, 0.1) is 22.6 Å². The number of carbonyl (C=O) groups excluding carboxylic acids is 2. The van der Waals surface area contributed by atoms with Crippen molar-refractivity contribution >= 4 is 104 Å². The molecular formula is C68H62Cl2N6O6. The normalized spacial score (nSPS) is 15.6. The van der Waals surface area contributed by atoms with Crippen LogP contribution in [0.5, 0.6) is 11.5 Å². The van der Waals surface area contributed by atoms with E-state index >= 15 is 0 Å². The number of halogens is 2. The van der Waals surface area contributed by atoms with E-state index in [9.17, 15) is 30.0 Å². The van der Waals surface area contributed by atoms with Crippen molar-refractivity contribution in [2.75, 3.05) is 22.1 Å². The first-order valence-corrected chi connectivity index (χ1v) is 26.3. The van der Waals surface area contributed by atoms with Gasteiger partial charge in [0.25, 0.3) is 0 Å². The number of phenolic OH excluding ortho intramolecular Hbond substituents is 2. The molecule has 0 spiro atoms. The fraction of sp³-hybridized carbons (Fsp3) is 0.118. The zero-order valence-electron chi connectivity index (χ0n) is 45.9. The predicted molar refractivity (Wildman–Crippen MR) is 340 cm³/mol. The first-order chi connectivity index (χ1) is 38.3. The van der Waals surface area contributed by atoms with Gasteiger partial charge in [-0.3, -0.25) is 9.59 Å². The number of nitrogen functional groups attached to an aromatic ring is 2. The van der Waals surface area contributed by atoms with Crippen LogP contribution < -0.4 is 22.1 Å². The van der Waals surface area contributed by atoms with Crippen LogP contribution in [-0.2, 0) is 9.59 Å². The Morgan fingerprint density at radius 3 is 1.15 bits per heavy atom. The molecule has 0 saturated carbocycles. The second kappa shape index (κ2) is 23.6. The molecule has 10 rings (SSSR count). The quantitative estimate of drug-likeness (QED) is 0.0435. The molecule has 0 radical (unpaired) electrons. The van der Waals surface area contributed by atoms with Crippen LogP contribution in [0.4, 0.5) is 22.7 Å². The molecule has 0 aromatic heterocycles. The number of aryl methyl sites for hydroxylation is 2. The predicted octanol–water partition coefficient (Wildman–Crippen LogP) is 15.2. The number of anilines is 4. The van der Waals surface area contributed by atoms with Gasteiger partial charge in [-0.25, -0.2) is 0 Å². The van der Waals surface area contributed by atoms with Gasteiger partial charge in [-0.05, 0) is 165 Å². The van der Waals surface area contributed by atoms with Gasteiger partial charge >= 0.3 is 0 Å². The lowest BCUT2D eigenvalue weighted by molar-refractivity contribution is -0.113. The number of carbonyl (C=O) groups is 2. The zero-order chi connectivity index (χ0) is 56.8. The molecule has 414 valence electrons. The van der Waals surface area contributed by atoms with Crippen molar-refractivity contribution in [2.24, 2.45) is 11.8 Å². The molecule has 0 aliphatic heterocycles. The molecule has 4 aliphatic carbocycles. The molecule has 0 saturated heterocycles. The third-order valence-corrected chi connectivity index (χ3v) is 14.8. The lowest BCUT2D eigenvalue weighted by Gasteiger charge is -2.29. The minimum Gasteiger partial charge on any atom is -0.507 e. The van der Waals surface area contributed by atoms with Gasteiger partial charge in [-0.2, -0.15) is 0 Å². The molecule has 0 fully saturated rings. The molecule has 82 heavy (non-hydrogen) atoms. The van der Waals surface area contributed by atoms with Crippen LogP contribution in [0.15, 0.2) is 193 Å². The standard InChI is InChI=1S/C68H60N6O6.2ClH/c1-35(2)55-51-29-37(5)57(65(77)61(51)53(63(75)67(55)79)33-73-49-11-7-9-43(31-49)59(39-13-21-45(69)22-14-39)40-15-23-46(70)24-16-40)58-38(6)30-52-56(36(3)4)68(80)64(76)54(62(52)66(58)78)34-74-50-12-8-10-44(32-50)60(41-17-25-47(71)26-18-41)42-19-27-48(72)28-20-42;;/h7-36,69,71,73-74,77-80H,70,72H2,1-6H3;2*1H. The Kier molecular flexibility index (Phi) is 16.8. The Hall–Kier alpha value is -9.62. The lowest BCUT2D eigenvalue weighted by atomic mass is 9.75.